The molecule has 0 aromatic rings. The van der Waals surface area contributed by atoms with Crippen molar-refractivity contribution in [2.24, 2.45) is 5.41 Å². The highest BCUT2D eigenvalue weighted by molar-refractivity contribution is 7.56. The van der Waals surface area contributed by atoms with Crippen molar-refractivity contribution in [2.75, 3.05) is 19.8 Å². The molecule has 0 rings (SSSR count). The van der Waals surface area contributed by atoms with Crippen LogP contribution < -0.4 is 0 Å². The zero-order valence-electron chi connectivity index (χ0n) is 15.2. The van der Waals surface area contributed by atoms with E-state index in [9.17, 15) is 14.6 Å². The van der Waals surface area contributed by atoms with Crippen LogP contribution in [-0.2, 0) is 23.1 Å². The molecular formula is C16H30NO5P. The highest BCUT2D eigenvalue weighted by Crippen LogP contribution is 2.69. The Morgan fingerprint density at radius 2 is 1.43 bits per heavy atom. The SMILES string of the molecule is CCOC(=O)C(CC)(CC)C(C#N)(CC)P(=O)(OCC)OCC. The molecule has 23 heavy (non-hydrogen) atoms. The number of nitrogens with zero attached hydrogens (tertiary/aromatic N) is 1. The van der Waals surface area contributed by atoms with Gasteiger partial charge in [0.15, 0.2) is 5.16 Å². The molecule has 1 atom stereocenters. The van der Waals surface area contributed by atoms with Crippen molar-refractivity contribution in [3.63, 3.8) is 0 Å². The molecule has 0 amide bonds. The van der Waals surface area contributed by atoms with Crippen molar-refractivity contribution in [2.45, 2.75) is 66.0 Å². The van der Waals surface area contributed by atoms with Crippen LogP contribution in [0.5, 0.6) is 0 Å². The first kappa shape index (κ1) is 22.1. The minimum absolute atomic E-state index is 0.132. The zero-order valence-corrected chi connectivity index (χ0v) is 16.1. The van der Waals surface area contributed by atoms with E-state index >= 15 is 0 Å². The number of nitriles is 1. The van der Waals surface area contributed by atoms with Gasteiger partial charge in [-0.2, -0.15) is 5.26 Å². The molecule has 0 fully saturated rings. The van der Waals surface area contributed by atoms with Crippen molar-refractivity contribution in [1.29, 1.82) is 5.26 Å². The fourth-order valence-corrected chi connectivity index (χ4v) is 5.84. The standard InChI is InChI=1S/C16H30NO5P/c1-7-15(8-2,14(18)20-10-4)16(9-3,13-17)23(19,21-11-5)22-12-6/h7-12H2,1-6H3. The van der Waals surface area contributed by atoms with Gasteiger partial charge in [-0.25, -0.2) is 0 Å². The fourth-order valence-electron chi connectivity index (χ4n) is 3.20. The van der Waals surface area contributed by atoms with Crippen LogP contribution in [0.4, 0.5) is 0 Å². The lowest BCUT2D eigenvalue weighted by Gasteiger charge is -2.45. The van der Waals surface area contributed by atoms with Crippen LogP contribution in [0.25, 0.3) is 0 Å². The lowest BCUT2D eigenvalue weighted by atomic mass is 9.69. The molecule has 7 heteroatoms. The molecule has 134 valence electrons. The Balaban J connectivity index is 6.51. The third-order valence-electron chi connectivity index (χ3n) is 4.43. The minimum Gasteiger partial charge on any atom is -0.466 e. The van der Waals surface area contributed by atoms with E-state index < -0.39 is 24.1 Å². The van der Waals surface area contributed by atoms with Crippen LogP contribution in [-0.4, -0.2) is 30.9 Å². The van der Waals surface area contributed by atoms with Gasteiger partial charge >= 0.3 is 13.6 Å². The first-order valence-electron chi connectivity index (χ1n) is 8.32. The minimum atomic E-state index is -3.85. The maximum atomic E-state index is 13.5. The van der Waals surface area contributed by atoms with E-state index in [0.717, 1.165) is 0 Å². The number of carbonyl (C=O) groups is 1. The number of carbonyl (C=O) groups excluding carboxylic acids is 1. The van der Waals surface area contributed by atoms with Gasteiger partial charge in [0.05, 0.1) is 31.3 Å². The Morgan fingerprint density at radius 3 is 1.70 bits per heavy atom. The number of rotatable bonds is 11. The Kier molecular flexibility index (Phi) is 9.05. The second kappa shape index (κ2) is 9.42. The molecule has 0 saturated carbocycles. The lowest BCUT2D eigenvalue weighted by molar-refractivity contribution is -0.158. The first-order valence-corrected chi connectivity index (χ1v) is 9.87. The molecule has 6 nitrogen and oxygen atoms in total. The van der Waals surface area contributed by atoms with Crippen molar-refractivity contribution in [1.82, 2.24) is 0 Å². The van der Waals surface area contributed by atoms with E-state index in [1.54, 1.807) is 41.5 Å². The molecule has 0 heterocycles. The molecule has 0 bridgehead atoms. The Labute approximate surface area is 140 Å². The average Bonchev–Trinajstić information content (AvgIpc) is 2.53. The van der Waals surface area contributed by atoms with Crippen molar-refractivity contribution < 1.29 is 23.1 Å². The van der Waals surface area contributed by atoms with E-state index in [0.29, 0.717) is 12.8 Å². The van der Waals surface area contributed by atoms with E-state index in [2.05, 4.69) is 6.07 Å². The van der Waals surface area contributed by atoms with Gasteiger partial charge in [0, 0.05) is 0 Å². The molecule has 0 aliphatic rings. The van der Waals surface area contributed by atoms with Crippen LogP contribution in [0.15, 0.2) is 0 Å². The molecule has 0 aliphatic carbocycles. The normalized spacial score (nSPS) is 14.8. The van der Waals surface area contributed by atoms with E-state index in [1.807, 2.05) is 0 Å². The van der Waals surface area contributed by atoms with Gasteiger partial charge in [-0.3, -0.25) is 9.36 Å². The van der Waals surface area contributed by atoms with E-state index in [-0.39, 0.29) is 26.2 Å². The van der Waals surface area contributed by atoms with E-state index in [1.165, 1.54) is 0 Å². The fraction of sp³-hybridized carbons (Fsp3) is 0.875. The molecule has 0 saturated heterocycles. The van der Waals surface area contributed by atoms with Gasteiger partial charge in [0.25, 0.3) is 0 Å². The predicted molar refractivity (Wildman–Crippen MR) is 89.1 cm³/mol. The van der Waals surface area contributed by atoms with Crippen molar-refractivity contribution in [3.05, 3.63) is 0 Å². The van der Waals surface area contributed by atoms with Gasteiger partial charge in [0.2, 0.25) is 0 Å². The second-order valence-corrected chi connectivity index (χ2v) is 7.44. The molecule has 0 radical (unpaired) electrons. The van der Waals surface area contributed by atoms with Crippen molar-refractivity contribution >= 4 is 13.6 Å². The van der Waals surface area contributed by atoms with Crippen LogP contribution >= 0.6 is 7.60 Å². The number of ether oxygens (including phenoxy) is 1. The maximum absolute atomic E-state index is 13.5. The number of hydrogen-bond donors (Lipinski definition) is 0. The predicted octanol–water partition coefficient (Wildman–Crippen LogP) is 4.29. The topological polar surface area (TPSA) is 85.6 Å². The largest absolute Gasteiger partial charge is 0.466 e. The summed E-state index contributed by atoms with van der Waals surface area (Å²) in [6, 6.07) is 2.14. The summed E-state index contributed by atoms with van der Waals surface area (Å²) in [5, 5.41) is 8.41. The van der Waals surface area contributed by atoms with Gasteiger partial charge in [-0.15, -0.1) is 0 Å². The molecule has 0 aliphatic heterocycles. The smallest absolute Gasteiger partial charge is 0.351 e. The highest BCUT2D eigenvalue weighted by Gasteiger charge is 2.66. The van der Waals surface area contributed by atoms with Crippen LogP contribution in [0.3, 0.4) is 0 Å². The number of esters is 1. The molecule has 0 spiro atoms. The van der Waals surface area contributed by atoms with Gasteiger partial charge in [-0.05, 0) is 40.0 Å². The van der Waals surface area contributed by atoms with Gasteiger partial charge in [-0.1, -0.05) is 20.8 Å². The quantitative estimate of drug-likeness (QED) is 0.409. The average molecular weight is 347 g/mol. The summed E-state index contributed by atoms with van der Waals surface area (Å²) >= 11 is 0. The zero-order chi connectivity index (χ0) is 18.1. The summed E-state index contributed by atoms with van der Waals surface area (Å²) in [7, 11) is -3.85. The third-order valence-corrected chi connectivity index (χ3v) is 7.40. The van der Waals surface area contributed by atoms with Crippen LogP contribution in [0.1, 0.15) is 60.8 Å². The molecular weight excluding hydrogens is 317 g/mol. The summed E-state index contributed by atoms with van der Waals surface area (Å²) in [4.78, 5) is 12.7. The van der Waals surface area contributed by atoms with Crippen LogP contribution in [0, 0.1) is 16.7 Å². The lowest BCUT2D eigenvalue weighted by Crippen LogP contribution is -2.52. The summed E-state index contributed by atoms with van der Waals surface area (Å²) in [5.41, 5.74) is -1.24. The summed E-state index contributed by atoms with van der Waals surface area (Å²) < 4.78 is 29.6. The van der Waals surface area contributed by atoms with E-state index in [4.69, 9.17) is 13.8 Å². The number of hydrogen-bond acceptors (Lipinski definition) is 6. The Bertz CT molecular complexity index is 460. The van der Waals surface area contributed by atoms with Crippen molar-refractivity contribution in [3.8, 4) is 6.07 Å². The van der Waals surface area contributed by atoms with Gasteiger partial charge in [0.1, 0.15) is 0 Å². The highest BCUT2D eigenvalue weighted by atomic mass is 31.2. The second-order valence-electron chi connectivity index (χ2n) is 5.17. The molecule has 1 unspecified atom stereocenters. The molecule has 0 aromatic carbocycles. The summed E-state index contributed by atoms with van der Waals surface area (Å²) in [6.07, 6.45) is 0.795. The Hall–Kier alpha value is -0.890. The van der Waals surface area contributed by atoms with Gasteiger partial charge < -0.3 is 13.8 Å². The molecule has 0 N–H and O–H groups in total. The summed E-state index contributed by atoms with van der Waals surface area (Å²) in [5.74, 6) is -0.520. The third kappa shape index (κ3) is 3.63. The monoisotopic (exact) mass is 347 g/mol. The molecule has 0 aromatic heterocycles. The first-order chi connectivity index (χ1) is 10.8. The maximum Gasteiger partial charge on any atom is 0.351 e. The van der Waals surface area contributed by atoms with Crippen LogP contribution in [0.2, 0.25) is 0 Å². The summed E-state index contributed by atoms with van der Waals surface area (Å²) in [6.45, 7) is 10.9. The Morgan fingerprint density at radius 1 is 0.957 bits per heavy atom.